The van der Waals surface area contributed by atoms with Gasteiger partial charge in [0.15, 0.2) is 5.69 Å². The predicted octanol–water partition coefficient (Wildman–Crippen LogP) is 3.49. The number of carbonyl (C=O) groups is 1. The molecule has 1 heterocycles. The van der Waals surface area contributed by atoms with Crippen LogP contribution in [0.15, 0.2) is 18.2 Å². The number of nitrogens with zero attached hydrogens (tertiary/aromatic N) is 2. The van der Waals surface area contributed by atoms with Crippen molar-refractivity contribution in [3.8, 4) is 0 Å². The van der Waals surface area contributed by atoms with Gasteiger partial charge in [0.1, 0.15) is 11.6 Å². The summed E-state index contributed by atoms with van der Waals surface area (Å²) in [6, 6.07) is 2.56. The molecule has 0 atom stereocenters. The van der Waals surface area contributed by atoms with E-state index in [1.165, 1.54) is 4.68 Å². The molecule has 9 heteroatoms. The van der Waals surface area contributed by atoms with Gasteiger partial charge in [0.05, 0.1) is 12.1 Å². The van der Waals surface area contributed by atoms with Crippen molar-refractivity contribution >= 4 is 5.91 Å². The molecule has 0 saturated heterocycles. The van der Waals surface area contributed by atoms with E-state index in [1.807, 2.05) is 0 Å². The van der Waals surface area contributed by atoms with Crippen LogP contribution < -0.4 is 5.32 Å². The molecule has 0 unspecified atom stereocenters. The van der Waals surface area contributed by atoms with Gasteiger partial charge in [-0.1, -0.05) is 0 Å². The zero-order valence-corrected chi connectivity index (χ0v) is 13.7. The molecule has 0 spiro atoms. The molecule has 1 aromatic carbocycles. The quantitative estimate of drug-likeness (QED) is 0.834. The third-order valence-electron chi connectivity index (χ3n) is 4.31. The number of hydrogen-bond donors (Lipinski definition) is 1. The lowest BCUT2D eigenvalue weighted by Crippen LogP contribution is -2.29. The van der Waals surface area contributed by atoms with Crippen LogP contribution in [0.3, 0.4) is 0 Å². The minimum absolute atomic E-state index is 0.0267. The van der Waals surface area contributed by atoms with Gasteiger partial charge in [-0.05, 0) is 37.8 Å². The van der Waals surface area contributed by atoms with Crippen LogP contribution in [0.25, 0.3) is 0 Å². The number of halogens is 5. The average molecular weight is 373 g/mol. The summed E-state index contributed by atoms with van der Waals surface area (Å²) in [5.41, 5.74) is -0.446. The number of fused-ring (bicyclic) bond motifs is 1. The third-order valence-corrected chi connectivity index (χ3v) is 4.31. The van der Waals surface area contributed by atoms with Crippen LogP contribution in [0.2, 0.25) is 0 Å². The van der Waals surface area contributed by atoms with Gasteiger partial charge in [0.25, 0.3) is 5.91 Å². The van der Waals surface area contributed by atoms with Crippen LogP contribution in [-0.4, -0.2) is 22.2 Å². The summed E-state index contributed by atoms with van der Waals surface area (Å²) in [6.45, 7) is 0.00797. The van der Waals surface area contributed by atoms with Crippen LogP contribution in [0, 0.1) is 11.6 Å². The number of aromatic nitrogens is 2. The van der Waals surface area contributed by atoms with Crippen LogP contribution in [0.5, 0.6) is 0 Å². The fourth-order valence-electron chi connectivity index (χ4n) is 3.13. The van der Waals surface area contributed by atoms with Crippen molar-refractivity contribution in [3.63, 3.8) is 0 Å². The Morgan fingerprint density at radius 2 is 1.92 bits per heavy atom. The first-order valence-corrected chi connectivity index (χ1v) is 8.16. The second-order valence-electron chi connectivity index (χ2n) is 6.08. The zero-order chi connectivity index (χ0) is 18.9. The largest absolute Gasteiger partial charge is 0.435 e. The highest BCUT2D eigenvalue weighted by atomic mass is 19.4. The molecule has 4 nitrogen and oxygen atoms in total. The Balaban J connectivity index is 1.70. The van der Waals surface area contributed by atoms with E-state index in [2.05, 4.69) is 10.4 Å². The van der Waals surface area contributed by atoms with Gasteiger partial charge in [-0.3, -0.25) is 9.48 Å². The number of nitrogens with one attached hydrogen (secondary N) is 1. The highest BCUT2D eigenvalue weighted by Gasteiger charge is 2.39. The molecule has 0 fully saturated rings. The number of amides is 1. The molecular formula is C17H16F5N3O. The van der Waals surface area contributed by atoms with E-state index >= 15 is 0 Å². The minimum atomic E-state index is -4.52. The number of hydrogen-bond acceptors (Lipinski definition) is 2. The Bertz CT molecular complexity index is 829. The highest BCUT2D eigenvalue weighted by molar-refractivity contribution is 5.94. The van der Waals surface area contributed by atoms with Gasteiger partial charge in [-0.25, -0.2) is 8.78 Å². The van der Waals surface area contributed by atoms with Crippen molar-refractivity contribution in [3.05, 3.63) is 52.3 Å². The molecule has 1 amide bonds. The van der Waals surface area contributed by atoms with Crippen molar-refractivity contribution < 1.29 is 26.7 Å². The van der Waals surface area contributed by atoms with Gasteiger partial charge < -0.3 is 5.32 Å². The maximum Gasteiger partial charge on any atom is 0.435 e. The van der Waals surface area contributed by atoms with Crippen LogP contribution in [0.4, 0.5) is 22.0 Å². The van der Waals surface area contributed by atoms with Gasteiger partial charge >= 0.3 is 6.18 Å². The molecule has 1 aliphatic rings. The molecule has 140 valence electrons. The molecule has 0 radical (unpaired) electrons. The molecule has 0 bridgehead atoms. The van der Waals surface area contributed by atoms with E-state index in [0.29, 0.717) is 31.0 Å². The highest BCUT2D eigenvalue weighted by Crippen LogP contribution is 2.35. The molecule has 1 aliphatic carbocycles. The SMILES string of the molecule is O=C(NCCn1nc(C(F)(F)F)c2c1CCCC2)c1ccc(F)cc1F. The maximum absolute atomic E-state index is 13.6. The predicted molar refractivity (Wildman–Crippen MR) is 82.6 cm³/mol. The Kier molecular flexibility index (Phi) is 4.97. The summed E-state index contributed by atoms with van der Waals surface area (Å²) < 4.78 is 67.1. The van der Waals surface area contributed by atoms with E-state index in [1.54, 1.807) is 0 Å². The second kappa shape index (κ2) is 7.05. The Morgan fingerprint density at radius 3 is 2.62 bits per heavy atom. The minimum Gasteiger partial charge on any atom is -0.350 e. The zero-order valence-electron chi connectivity index (χ0n) is 13.7. The summed E-state index contributed by atoms with van der Waals surface area (Å²) in [5, 5.41) is 6.10. The maximum atomic E-state index is 13.6. The van der Waals surface area contributed by atoms with Gasteiger partial charge in [0.2, 0.25) is 0 Å². The van der Waals surface area contributed by atoms with Crippen LogP contribution in [0.1, 0.15) is 40.2 Å². The van der Waals surface area contributed by atoms with E-state index in [0.717, 1.165) is 18.6 Å². The first kappa shape index (κ1) is 18.3. The van der Waals surface area contributed by atoms with Crippen molar-refractivity contribution in [2.75, 3.05) is 6.54 Å². The normalized spacial score (nSPS) is 14.2. The summed E-state index contributed by atoms with van der Waals surface area (Å²) >= 11 is 0. The Labute approximate surface area is 146 Å². The molecule has 1 aromatic heterocycles. The fraction of sp³-hybridized carbons (Fsp3) is 0.412. The number of carbonyl (C=O) groups excluding carboxylic acids is 1. The molecule has 1 N–H and O–H groups in total. The third kappa shape index (κ3) is 3.71. The monoisotopic (exact) mass is 373 g/mol. The average Bonchev–Trinajstić information content (AvgIpc) is 2.94. The molecule has 26 heavy (non-hydrogen) atoms. The van der Waals surface area contributed by atoms with E-state index < -0.39 is 29.4 Å². The Morgan fingerprint density at radius 1 is 1.19 bits per heavy atom. The summed E-state index contributed by atoms with van der Waals surface area (Å²) in [5.74, 6) is -2.57. The smallest absolute Gasteiger partial charge is 0.350 e. The molecule has 2 aromatic rings. The van der Waals surface area contributed by atoms with Crippen LogP contribution >= 0.6 is 0 Å². The van der Waals surface area contributed by atoms with Crippen LogP contribution in [-0.2, 0) is 25.6 Å². The van der Waals surface area contributed by atoms with Gasteiger partial charge in [0, 0.05) is 23.9 Å². The first-order valence-electron chi connectivity index (χ1n) is 8.16. The summed E-state index contributed by atoms with van der Waals surface area (Å²) in [4.78, 5) is 11.9. The summed E-state index contributed by atoms with van der Waals surface area (Å²) in [6.07, 6.45) is -2.23. The number of alkyl halides is 3. The standard InChI is InChI=1S/C17H16F5N3O/c18-10-5-6-11(13(19)9-10)16(26)23-7-8-25-14-4-2-1-3-12(14)15(24-25)17(20,21)22/h5-6,9H,1-4,7-8H2,(H,23,26). The molecular weight excluding hydrogens is 357 g/mol. The van der Waals surface area contributed by atoms with Crippen molar-refractivity contribution in [1.82, 2.24) is 15.1 Å². The van der Waals surface area contributed by atoms with Crippen molar-refractivity contribution in [1.29, 1.82) is 0 Å². The van der Waals surface area contributed by atoms with Gasteiger partial charge in [-0.2, -0.15) is 18.3 Å². The second-order valence-corrected chi connectivity index (χ2v) is 6.08. The van der Waals surface area contributed by atoms with Gasteiger partial charge in [-0.15, -0.1) is 0 Å². The molecule has 3 rings (SSSR count). The summed E-state index contributed by atoms with van der Waals surface area (Å²) in [7, 11) is 0. The lowest BCUT2D eigenvalue weighted by atomic mass is 9.95. The van der Waals surface area contributed by atoms with E-state index in [4.69, 9.17) is 0 Å². The number of benzene rings is 1. The fourth-order valence-corrected chi connectivity index (χ4v) is 3.13. The first-order chi connectivity index (χ1) is 12.3. The van der Waals surface area contributed by atoms with Crippen molar-refractivity contribution in [2.45, 2.75) is 38.4 Å². The van der Waals surface area contributed by atoms with Crippen molar-refractivity contribution in [2.24, 2.45) is 0 Å². The molecule has 0 aliphatic heterocycles. The lowest BCUT2D eigenvalue weighted by Gasteiger charge is -2.15. The van der Waals surface area contributed by atoms with E-state index in [9.17, 15) is 26.7 Å². The molecule has 0 saturated carbocycles. The Hall–Kier alpha value is -2.45. The lowest BCUT2D eigenvalue weighted by molar-refractivity contribution is -0.142. The topological polar surface area (TPSA) is 46.9 Å². The number of rotatable bonds is 4. The van der Waals surface area contributed by atoms with E-state index in [-0.39, 0.29) is 24.2 Å².